The van der Waals surface area contributed by atoms with Gasteiger partial charge in [0, 0.05) is 5.57 Å². The molecule has 0 amide bonds. The van der Waals surface area contributed by atoms with Crippen LogP contribution in [0, 0.1) is 0 Å². The van der Waals surface area contributed by atoms with Crippen molar-refractivity contribution in [2.24, 2.45) is 0 Å². The van der Waals surface area contributed by atoms with Crippen molar-refractivity contribution < 1.29 is 9.84 Å². The average Bonchev–Trinajstić information content (AvgIpc) is 2.08. The van der Waals surface area contributed by atoms with Gasteiger partial charge in [0.1, 0.15) is 12.4 Å². The smallest absolute Gasteiger partial charge is 0.125 e. The lowest BCUT2D eigenvalue weighted by molar-refractivity contribution is 0.136. The molecular formula is C10H16O2. The second kappa shape index (κ2) is 5.61. The van der Waals surface area contributed by atoms with Crippen LogP contribution in [0.25, 0.3) is 0 Å². The van der Waals surface area contributed by atoms with Gasteiger partial charge in [-0.05, 0) is 5.57 Å². The highest BCUT2D eigenvalue weighted by molar-refractivity contribution is 5.40. The SMILES string of the molecule is C=CC1=C(O)COCC1=C.CC. The number of hydrogen-bond acceptors (Lipinski definition) is 2. The zero-order valence-corrected chi connectivity index (χ0v) is 7.76. The Labute approximate surface area is 73.9 Å². The molecule has 0 bridgehead atoms. The Morgan fingerprint density at radius 1 is 1.42 bits per heavy atom. The standard InChI is InChI=1S/C8H10O2.C2H6/c1-3-7-6(2)4-10-5-8(7)9;1-2/h3,9H,1-2,4-5H2;1-2H3. The molecule has 0 saturated heterocycles. The molecule has 0 atom stereocenters. The van der Waals surface area contributed by atoms with E-state index in [9.17, 15) is 0 Å². The quantitative estimate of drug-likeness (QED) is 0.652. The predicted molar refractivity (Wildman–Crippen MR) is 51.2 cm³/mol. The lowest BCUT2D eigenvalue weighted by atomic mass is 10.1. The van der Waals surface area contributed by atoms with Crippen LogP contribution in [0.3, 0.4) is 0 Å². The fraction of sp³-hybridized carbons (Fsp3) is 0.400. The summed E-state index contributed by atoms with van der Waals surface area (Å²) in [5.41, 5.74) is 1.52. The Balaban J connectivity index is 0.000000561. The van der Waals surface area contributed by atoms with Crippen LogP contribution in [0.15, 0.2) is 36.1 Å². The van der Waals surface area contributed by atoms with Crippen molar-refractivity contribution in [3.63, 3.8) is 0 Å². The summed E-state index contributed by atoms with van der Waals surface area (Å²) in [6, 6.07) is 0. The number of allylic oxidation sites excluding steroid dienone is 1. The van der Waals surface area contributed by atoms with Gasteiger partial charge in [0.05, 0.1) is 6.61 Å². The third kappa shape index (κ3) is 2.55. The minimum atomic E-state index is 0.228. The molecule has 1 aliphatic rings. The maximum absolute atomic E-state index is 9.16. The Bertz CT molecular complexity index is 202. The molecule has 1 aliphatic heterocycles. The van der Waals surface area contributed by atoms with Gasteiger partial charge in [-0.1, -0.05) is 33.1 Å². The monoisotopic (exact) mass is 168 g/mol. The summed E-state index contributed by atoms with van der Waals surface area (Å²) in [4.78, 5) is 0. The summed E-state index contributed by atoms with van der Waals surface area (Å²) in [6.07, 6.45) is 1.60. The second-order valence-electron chi connectivity index (χ2n) is 2.16. The van der Waals surface area contributed by atoms with Gasteiger partial charge < -0.3 is 9.84 Å². The molecule has 0 spiro atoms. The minimum Gasteiger partial charge on any atom is -0.509 e. The normalized spacial score (nSPS) is 16.7. The van der Waals surface area contributed by atoms with Crippen LogP contribution in [0.1, 0.15) is 13.8 Å². The summed E-state index contributed by atoms with van der Waals surface area (Å²) < 4.78 is 4.97. The van der Waals surface area contributed by atoms with Crippen molar-refractivity contribution in [1.82, 2.24) is 0 Å². The maximum Gasteiger partial charge on any atom is 0.125 e. The number of aliphatic hydroxyl groups is 1. The molecule has 1 N–H and O–H groups in total. The molecule has 0 aromatic heterocycles. The topological polar surface area (TPSA) is 29.5 Å². The van der Waals surface area contributed by atoms with Crippen LogP contribution in [-0.2, 0) is 4.74 Å². The Morgan fingerprint density at radius 2 is 2.00 bits per heavy atom. The third-order valence-electron chi connectivity index (χ3n) is 1.41. The van der Waals surface area contributed by atoms with E-state index >= 15 is 0 Å². The zero-order chi connectivity index (χ0) is 9.56. The highest BCUT2D eigenvalue weighted by Crippen LogP contribution is 2.18. The van der Waals surface area contributed by atoms with E-state index in [1.807, 2.05) is 13.8 Å². The van der Waals surface area contributed by atoms with Gasteiger partial charge in [-0.2, -0.15) is 0 Å². The Morgan fingerprint density at radius 3 is 2.33 bits per heavy atom. The van der Waals surface area contributed by atoms with E-state index in [4.69, 9.17) is 9.84 Å². The fourth-order valence-electron chi connectivity index (χ4n) is 0.893. The van der Waals surface area contributed by atoms with Crippen LogP contribution in [0.4, 0.5) is 0 Å². The molecule has 0 radical (unpaired) electrons. The number of aliphatic hydroxyl groups excluding tert-OH is 1. The van der Waals surface area contributed by atoms with Crippen molar-refractivity contribution in [2.45, 2.75) is 13.8 Å². The van der Waals surface area contributed by atoms with Gasteiger partial charge in [-0.15, -0.1) is 0 Å². The highest BCUT2D eigenvalue weighted by Gasteiger charge is 2.11. The minimum absolute atomic E-state index is 0.228. The molecule has 2 heteroatoms. The maximum atomic E-state index is 9.16. The molecule has 0 aromatic rings. The van der Waals surface area contributed by atoms with Gasteiger partial charge in [0.2, 0.25) is 0 Å². The van der Waals surface area contributed by atoms with Gasteiger partial charge >= 0.3 is 0 Å². The van der Waals surface area contributed by atoms with Crippen LogP contribution in [0.5, 0.6) is 0 Å². The average molecular weight is 168 g/mol. The first-order valence-electron chi connectivity index (χ1n) is 4.06. The van der Waals surface area contributed by atoms with E-state index in [2.05, 4.69) is 13.2 Å². The molecule has 68 valence electrons. The summed E-state index contributed by atoms with van der Waals surface area (Å²) in [5.74, 6) is 0.228. The van der Waals surface area contributed by atoms with Crippen molar-refractivity contribution in [2.75, 3.05) is 13.2 Å². The van der Waals surface area contributed by atoms with Crippen molar-refractivity contribution in [3.8, 4) is 0 Å². The van der Waals surface area contributed by atoms with Crippen LogP contribution in [0.2, 0.25) is 0 Å². The first-order valence-corrected chi connectivity index (χ1v) is 4.06. The lowest BCUT2D eigenvalue weighted by Gasteiger charge is -2.15. The third-order valence-corrected chi connectivity index (χ3v) is 1.41. The van der Waals surface area contributed by atoms with Gasteiger partial charge in [-0.3, -0.25) is 0 Å². The Kier molecular flexibility index (Phi) is 5.13. The molecule has 0 fully saturated rings. The summed E-state index contributed by atoms with van der Waals surface area (Å²) in [6.45, 7) is 12.0. The molecule has 0 saturated carbocycles. The first kappa shape index (κ1) is 11.0. The first-order chi connectivity index (χ1) is 5.75. The number of rotatable bonds is 1. The van der Waals surface area contributed by atoms with E-state index in [1.54, 1.807) is 6.08 Å². The van der Waals surface area contributed by atoms with Gasteiger partial charge in [0.25, 0.3) is 0 Å². The van der Waals surface area contributed by atoms with Gasteiger partial charge in [0.15, 0.2) is 0 Å². The number of ether oxygens (including phenoxy) is 1. The predicted octanol–water partition coefficient (Wildman–Crippen LogP) is 2.60. The Hall–Kier alpha value is -1.02. The lowest BCUT2D eigenvalue weighted by Crippen LogP contribution is -2.11. The van der Waals surface area contributed by atoms with Crippen molar-refractivity contribution in [1.29, 1.82) is 0 Å². The molecule has 0 aromatic carbocycles. The molecule has 12 heavy (non-hydrogen) atoms. The number of hydrogen-bond donors (Lipinski definition) is 1. The fourth-order valence-corrected chi connectivity index (χ4v) is 0.893. The second-order valence-corrected chi connectivity index (χ2v) is 2.16. The molecule has 1 heterocycles. The van der Waals surface area contributed by atoms with Crippen molar-refractivity contribution in [3.05, 3.63) is 36.1 Å². The van der Waals surface area contributed by atoms with E-state index in [1.165, 1.54) is 0 Å². The van der Waals surface area contributed by atoms with E-state index in [0.717, 1.165) is 11.1 Å². The van der Waals surface area contributed by atoms with E-state index in [0.29, 0.717) is 6.61 Å². The van der Waals surface area contributed by atoms with Crippen molar-refractivity contribution >= 4 is 0 Å². The molecule has 0 unspecified atom stereocenters. The van der Waals surface area contributed by atoms with E-state index in [-0.39, 0.29) is 12.4 Å². The molecule has 0 aliphatic carbocycles. The van der Waals surface area contributed by atoms with E-state index < -0.39 is 0 Å². The van der Waals surface area contributed by atoms with Crippen LogP contribution < -0.4 is 0 Å². The van der Waals surface area contributed by atoms with Crippen LogP contribution in [-0.4, -0.2) is 18.3 Å². The highest BCUT2D eigenvalue weighted by atomic mass is 16.5. The molecule has 2 nitrogen and oxygen atoms in total. The van der Waals surface area contributed by atoms with Gasteiger partial charge in [-0.25, -0.2) is 0 Å². The largest absolute Gasteiger partial charge is 0.509 e. The van der Waals surface area contributed by atoms with Crippen LogP contribution >= 0.6 is 0 Å². The molecule has 1 rings (SSSR count). The summed E-state index contributed by atoms with van der Waals surface area (Å²) >= 11 is 0. The summed E-state index contributed by atoms with van der Waals surface area (Å²) in [5, 5.41) is 9.16. The summed E-state index contributed by atoms with van der Waals surface area (Å²) in [7, 11) is 0. The zero-order valence-electron chi connectivity index (χ0n) is 7.76. The molecular weight excluding hydrogens is 152 g/mol.